The number of carbonyl (C=O) groups excluding carboxylic acids is 4. The number of nitrogens with zero attached hydrogens (tertiary/aromatic N) is 3. The number of ether oxygens (including phenoxy) is 1. The summed E-state index contributed by atoms with van der Waals surface area (Å²) in [4.78, 5) is 70.3. The molecule has 1 N–H and O–H groups in total. The maximum atomic E-state index is 13.2. The standard InChI is InChI=1S/C23H28ClN3O8/c1-22(2,3)35-21(33)25-13-16(27(20(24)32)34-14-15-7-5-4-6-8-15)11-12-23(25,19(30)31)26-17(28)9-10-18(26)29/h4-8,16H,9-14H2,1-3H3,(H,30,31)/t16-,23-/m1/s1. The molecule has 4 amide bonds. The second kappa shape index (κ2) is 10.2. The number of likely N-dealkylation sites (tertiary alicyclic amines) is 2. The molecule has 1 aromatic rings. The van der Waals surface area contributed by atoms with Crippen LogP contribution in [0.4, 0.5) is 9.59 Å². The maximum absolute atomic E-state index is 13.2. The lowest BCUT2D eigenvalue weighted by Crippen LogP contribution is -2.72. The first-order chi connectivity index (χ1) is 16.4. The van der Waals surface area contributed by atoms with Gasteiger partial charge in [-0.2, -0.15) is 0 Å². The van der Waals surface area contributed by atoms with Crippen LogP contribution < -0.4 is 0 Å². The largest absolute Gasteiger partial charge is 0.478 e. The van der Waals surface area contributed by atoms with Gasteiger partial charge in [0.1, 0.15) is 12.2 Å². The van der Waals surface area contributed by atoms with Crippen molar-refractivity contribution in [1.82, 2.24) is 14.9 Å². The molecule has 2 aliphatic rings. The van der Waals surface area contributed by atoms with E-state index in [-0.39, 0.29) is 32.3 Å². The molecule has 2 atom stereocenters. The van der Waals surface area contributed by atoms with E-state index in [2.05, 4.69) is 0 Å². The molecule has 190 valence electrons. The smallest absolute Gasteiger partial charge is 0.412 e. The van der Waals surface area contributed by atoms with Crippen LogP contribution in [-0.2, 0) is 30.6 Å². The van der Waals surface area contributed by atoms with Gasteiger partial charge in [0.25, 0.3) is 0 Å². The number of imide groups is 1. The molecule has 3 rings (SSSR count). The van der Waals surface area contributed by atoms with E-state index in [1.807, 2.05) is 6.07 Å². The Balaban J connectivity index is 1.96. The number of hydrogen-bond acceptors (Lipinski definition) is 7. The molecule has 0 bridgehead atoms. The molecule has 11 nitrogen and oxygen atoms in total. The molecule has 1 aromatic carbocycles. The van der Waals surface area contributed by atoms with Gasteiger partial charge in [0.05, 0.1) is 6.04 Å². The minimum atomic E-state index is -2.30. The molecule has 0 aromatic heterocycles. The van der Waals surface area contributed by atoms with Gasteiger partial charge in [-0.05, 0) is 44.4 Å². The van der Waals surface area contributed by atoms with Gasteiger partial charge in [-0.15, -0.1) is 0 Å². The molecular formula is C23H28ClN3O8. The third-order valence-corrected chi connectivity index (χ3v) is 5.93. The number of aliphatic carboxylic acids is 1. The molecule has 2 aliphatic heterocycles. The van der Waals surface area contributed by atoms with Crippen LogP contribution in [0.15, 0.2) is 30.3 Å². The van der Waals surface area contributed by atoms with Crippen molar-refractivity contribution in [1.29, 1.82) is 0 Å². The van der Waals surface area contributed by atoms with Crippen molar-refractivity contribution in [3.8, 4) is 0 Å². The van der Waals surface area contributed by atoms with Crippen molar-refractivity contribution in [3.63, 3.8) is 0 Å². The van der Waals surface area contributed by atoms with Crippen LogP contribution in [0.1, 0.15) is 52.0 Å². The van der Waals surface area contributed by atoms with Crippen LogP contribution in [0.25, 0.3) is 0 Å². The van der Waals surface area contributed by atoms with E-state index >= 15 is 0 Å². The molecule has 0 radical (unpaired) electrons. The van der Waals surface area contributed by atoms with Gasteiger partial charge in [0.15, 0.2) is 0 Å². The summed E-state index contributed by atoms with van der Waals surface area (Å²) in [6, 6.07) is 8.11. The molecule has 2 heterocycles. The SMILES string of the molecule is CC(C)(C)OC(=O)N1C[C@H](N(OCc2ccccc2)C(=O)Cl)CC[C@]1(C(=O)O)N1C(=O)CCC1=O. The third kappa shape index (κ3) is 5.57. The lowest BCUT2D eigenvalue weighted by molar-refractivity contribution is -0.196. The number of hydroxylamine groups is 2. The number of carboxylic acid groups (broad SMARTS) is 1. The summed E-state index contributed by atoms with van der Waals surface area (Å²) in [5.41, 5.74) is -2.55. The Labute approximate surface area is 207 Å². The van der Waals surface area contributed by atoms with E-state index in [9.17, 15) is 29.1 Å². The fourth-order valence-corrected chi connectivity index (χ4v) is 4.43. The highest BCUT2D eigenvalue weighted by molar-refractivity contribution is 6.62. The number of benzene rings is 1. The predicted molar refractivity (Wildman–Crippen MR) is 122 cm³/mol. The summed E-state index contributed by atoms with van der Waals surface area (Å²) in [5, 5.41) is 10.2. The van der Waals surface area contributed by atoms with Crippen molar-refractivity contribution in [2.45, 2.75) is 70.4 Å². The van der Waals surface area contributed by atoms with Gasteiger partial charge in [0.2, 0.25) is 17.5 Å². The van der Waals surface area contributed by atoms with Crippen molar-refractivity contribution >= 4 is 40.8 Å². The van der Waals surface area contributed by atoms with E-state index < -0.39 is 53.1 Å². The van der Waals surface area contributed by atoms with Gasteiger partial charge in [-0.3, -0.25) is 24.1 Å². The molecule has 0 aliphatic carbocycles. The van der Waals surface area contributed by atoms with Crippen LogP contribution in [0.2, 0.25) is 0 Å². The Morgan fingerprint density at radius 1 is 1.14 bits per heavy atom. The first-order valence-electron chi connectivity index (χ1n) is 11.1. The van der Waals surface area contributed by atoms with E-state index in [0.29, 0.717) is 4.90 Å². The van der Waals surface area contributed by atoms with Crippen molar-refractivity contribution in [2.75, 3.05) is 6.54 Å². The second-order valence-corrected chi connectivity index (χ2v) is 9.69. The summed E-state index contributed by atoms with van der Waals surface area (Å²) < 4.78 is 5.43. The fourth-order valence-electron chi connectivity index (χ4n) is 4.25. The summed E-state index contributed by atoms with van der Waals surface area (Å²) in [6.07, 6.45) is -1.74. The zero-order valence-corrected chi connectivity index (χ0v) is 20.5. The lowest BCUT2D eigenvalue weighted by Gasteiger charge is -2.50. The number of halogens is 1. The average Bonchev–Trinajstić information content (AvgIpc) is 3.11. The van der Waals surface area contributed by atoms with Crippen molar-refractivity contribution in [3.05, 3.63) is 35.9 Å². The quantitative estimate of drug-likeness (QED) is 0.267. The number of piperidine rings is 1. The topological polar surface area (TPSA) is 134 Å². The van der Waals surface area contributed by atoms with Crippen LogP contribution in [0, 0.1) is 0 Å². The zero-order valence-electron chi connectivity index (χ0n) is 19.7. The van der Waals surface area contributed by atoms with E-state index in [1.165, 1.54) is 0 Å². The van der Waals surface area contributed by atoms with Crippen LogP contribution in [-0.4, -0.2) is 73.1 Å². The Bertz CT molecular complexity index is 996. The molecule has 2 saturated heterocycles. The van der Waals surface area contributed by atoms with Gasteiger partial charge in [0, 0.05) is 25.8 Å². The molecular weight excluding hydrogens is 482 g/mol. The third-order valence-electron chi connectivity index (χ3n) is 5.76. The zero-order chi connectivity index (χ0) is 26.0. The van der Waals surface area contributed by atoms with E-state index in [4.69, 9.17) is 21.2 Å². The van der Waals surface area contributed by atoms with Crippen LogP contribution in [0.5, 0.6) is 0 Å². The minimum Gasteiger partial charge on any atom is -0.478 e. The highest BCUT2D eigenvalue weighted by Crippen LogP contribution is 2.38. The van der Waals surface area contributed by atoms with Gasteiger partial charge in [-0.1, -0.05) is 30.3 Å². The predicted octanol–water partition coefficient (Wildman–Crippen LogP) is 3.11. The van der Waals surface area contributed by atoms with Crippen LogP contribution in [0.3, 0.4) is 0 Å². The van der Waals surface area contributed by atoms with E-state index in [1.54, 1.807) is 45.0 Å². The number of hydrogen-bond donors (Lipinski definition) is 1. The minimum absolute atomic E-state index is 0.00456. The van der Waals surface area contributed by atoms with Crippen molar-refractivity contribution < 1.29 is 38.7 Å². The van der Waals surface area contributed by atoms with Crippen molar-refractivity contribution in [2.24, 2.45) is 0 Å². The first kappa shape index (κ1) is 26.4. The van der Waals surface area contributed by atoms with Gasteiger partial charge < -0.3 is 9.84 Å². The number of rotatable bonds is 6. The normalized spacial score (nSPS) is 22.8. The number of carboxylic acids is 1. The monoisotopic (exact) mass is 509 g/mol. The van der Waals surface area contributed by atoms with Crippen LogP contribution >= 0.6 is 11.6 Å². The number of amides is 4. The molecule has 2 fully saturated rings. The Kier molecular flexibility index (Phi) is 7.71. The fraction of sp³-hybridized carbons (Fsp3) is 0.522. The Morgan fingerprint density at radius 2 is 1.74 bits per heavy atom. The molecule has 0 unspecified atom stereocenters. The van der Waals surface area contributed by atoms with Gasteiger partial charge >= 0.3 is 17.4 Å². The first-order valence-corrected chi connectivity index (χ1v) is 11.5. The Morgan fingerprint density at radius 3 is 2.26 bits per heavy atom. The lowest BCUT2D eigenvalue weighted by atomic mass is 9.90. The molecule has 0 saturated carbocycles. The highest BCUT2D eigenvalue weighted by atomic mass is 35.5. The molecule has 35 heavy (non-hydrogen) atoms. The summed E-state index contributed by atoms with van der Waals surface area (Å²) in [5.74, 6) is -2.95. The molecule has 0 spiro atoms. The highest BCUT2D eigenvalue weighted by Gasteiger charge is 2.61. The van der Waals surface area contributed by atoms with Gasteiger partial charge in [-0.25, -0.2) is 19.6 Å². The maximum Gasteiger partial charge on any atom is 0.412 e. The van der Waals surface area contributed by atoms with E-state index in [0.717, 1.165) is 15.5 Å². The summed E-state index contributed by atoms with van der Waals surface area (Å²) in [6.45, 7) is 4.39. The summed E-state index contributed by atoms with van der Waals surface area (Å²) in [7, 11) is 0. The summed E-state index contributed by atoms with van der Waals surface area (Å²) >= 11 is 5.78. The Hall–Kier alpha value is -3.18. The second-order valence-electron chi connectivity index (χ2n) is 9.37. The average molecular weight is 510 g/mol. The molecule has 12 heteroatoms. The number of carbonyl (C=O) groups is 5.